The summed E-state index contributed by atoms with van der Waals surface area (Å²) in [6.45, 7) is 6.98. The highest BCUT2D eigenvalue weighted by atomic mass is 16.7. The molecule has 0 aromatic rings. The molecule has 2 aliphatic carbocycles. The van der Waals surface area contributed by atoms with Crippen LogP contribution in [0.25, 0.3) is 0 Å². The molecule has 2 heterocycles. The molecule has 0 radical (unpaired) electrons. The lowest BCUT2D eigenvalue weighted by molar-refractivity contribution is -0.333. The molecule has 2 N–H and O–H groups in total. The second kappa shape index (κ2) is 3.08. The molecule has 1 saturated carbocycles. The van der Waals surface area contributed by atoms with Crippen molar-refractivity contribution in [2.75, 3.05) is 6.61 Å². The molecule has 2 aliphatic heterocycles. The minimum absolute atomic E-state index is 0.136. The Bertz CT molecular complexity index is 483. The lowest BCUT2D eigenvalue weighted by atomic mass is 9.52. The van der Waals surface area contributed by atoms with E-state index in [0.29, 0.717) is 13.0 Å². The van der Waals surface area contributed by atoms with Crippen LogP contribution in [-0.2, 0) is 9.47 Å². The molecule has 0 aromatic carbocycles. The molecule has 2 saturated heterocycles. The third kappa shape index (κ3) is 1.13. The zero-order chi connectivity index (χ0) is 13.7. The first-order valence-electron chi connectivity index (χ1n) is 7.17. The van der Waals surface area contributed by atoms with Gasteiger partial charge in [0.15, 0.2) is 5.79 Å². The van der Waals surface area contributed by atoms with E-state index in [4.69, 9.17) is 9.47 Å². The summed E-state index contributed by atoms with van der Waals surface area (Å²) in [7, 11) is 0. The number of aliphatic hydroxyl groups excluding tert-OH is 1. The highest BCUT2D eigenvalue weighted by Crippen LogP contribution is 2.72. The van der Waals surface area contributed by atoms with Gasteiger partial charge < -0.3 is 19.7 Å². The minimum atomic E-state index is -1.45. The van der Waals surface area contributed by atoms with Crippen LogP contribution in [-0.4, -0.2) is 40.4 Å². The van der Waals surface area contributed by atoms with Crippen LogP contribution in [0.2, 0.25) is 0 Å². The van der Waals surface area contributed by atoms with Crippen LogP contribution in [0.3, 0.4) is 0 Å². The maximum absolute atomic E-state index is 10.7. The maximum atomic E-state index is 10.7. The van der Waals surface area contributed by atoms with Gasteiger partial charge in [-0.05, 0) is 19.8 Å². The van der Waals surface area contributed by atoms with Gasteiger partial charge in [-0.2, -0.15) is 0 Å². The Balaban J connectivity index is 1.91. The number of epoxide rings is 1. The summed E-state index contributed by atoms with van der Waals surface area (Å²) < 4.78 is 11.7. The van der Waals surface area contributed by atoms with Gasteiger partial charge in [0.2, 0.25) is 0 Å². The van der Waals surface area contributed by atoms with E-state index < -0.39 is 22.9 Å². The summed E-state index contributed by atoms with van der Waals surface area (Å²) in [5.41, 5.74) is 0.264. The molecule has 0 amide bonds. The predicted molar refractivity (Wildman–Crippen MR) is 68.3 cm³/mol. The smallest absolute Gasteiger partial charge is 0.196 e. The minimum Gasteiger partial charge on any atom is -0.387 e. The van der Waals surface area contributed by atoms with Crippen molar-refractivity contribution in [2.45, 2.75) is 63.6 Å². The van der Waals surface area contributed by atoms with Crippen molar-refractivity contribution in [1.29, 1.82) is 0 Å². The van der Waals surface area contributed by atoms with E-state index >= 15 is 0 Å². The molecule has 1 spiro atoms. The number of hydrogen-bond acceptors (Lipinski definition) is 4. The standard InChI is InChI=1S/C15H22O4/c1-9-4-5-12(2)10(6-9)19-15(17)7-14(8-18-14)13(12,3)11(15)16/h6,10-11,16-17H,4-5,7-8H2,1-3H3/t10-,11+,12-,13+,14+,15-/m0/s1. The first kappa shape index (κ1) is 12.3. The second-order valence-corrected chi connectivity index (χ2v) is 7.38. The number of ether oxygens (including phenoxy) is 2. The zero-order valence-corrected chi connectivity index (χ0v) is 11.8. The van der Waals surface area contributed by atoms with Gasteiger partial charge in [0.25, 0.3) is 0 Å². The molecule has 4 rings (SSSR count). The van der Waals surface area contributed by atoms with E-state index in [1.165, 1.54) is 5.57 Å². The molecule has 4 nitrogen and oxygen atoms in total. The van der Waals surface area contributed by atoms with Crippen molar-refractivity contribution in [3.8, 4) is 0 Å². The van der Waals surface area contributed by atoms with E-state index in [9.17, 15) is 10.2 Å². The molecule has 0 unspecified atom stereocenters. The Morgan fingerprint density at radius 1 is 1.37 bits per heavy atom. The molecular formula is C15H22O4. The largest absolute Gasteiger partial charge is 0.387 e. The van der Waals surface area contributed by atoms with E-state index in [-0.39, 0.29) is 11.5 Å². The van der Waals surface area contributed by atoms with Crippen LogP contribution in [0.1, 0.15) is 40.0 Å². The average molecular weight is 266 g/mol. The monoisotopic (exact) mass is 266 g/mol. The van der Waals surface area contributed by atoms with Crippen molar-refractivity contribution in [3.05, 3.63) is 11.6 Å². The van der Waals surface area contributed by atoms with E-state index in [0.717, 1.165) is 12.8 Å². The molecule has 0 aromatic heterocycles. The summed E-state index contributed by atoms with van der Waals surface area (Å²) in [4.78, 5) is 0. The van der Waals surface area contributed by atoms with Crippen LogP contribution in [0, 0.1) is 10.8 Å². The normalized spacial score (nSPS) is 62.9. The number of aliphatic hydroxyl groups is 2. The molecular weight excluding hydrogens is 244 g/mol. The summed E-state index contributed by atoms with van der Waals surface area (Å²) >= 11 is 0. The van der Waals surface area contributed by atoms with E-state index in [1.807, 2.05) is 0 Å². The Labute approximate surface area is 113 Å². The van der Waals surface area contributed by atoms with Crippen LogP contribution in [0.15, 0.2) is 11.6 Å². The summed E-state index contributed by atoms with van der Waals surface area (Å²) in [5, 5.41) is 21.4. The van der Waals surface area contributed by atoms with Crippen molar-refractivity contribution in [3.63, 3.8) is 0 Å². The fourth-order valence-electron chi connectivity index (χ4n) is 4.88. The summed E-state index contributed by atoms with van der Waals surface area (Å²) in [6, 6.07) is 0. The van der Waals surface area contributed by atoms with E-state index in [1.54, 1.807) is 0 Å². The fraction of sp³-hybridized carbons (Fsp3) is 0.867. The first-order valence-corrected chi connectivity index (χ1v) is 7.17. The van der Waals surface area contributed by atoms with Crippen molar-refractivity contribution in [2.24, 2.45) is 10.8 Å². The lowest BCUT2D eigenvalue weighted by Gasteiger charge is -2.58. The number of hydrogen-bond donors (Lipinski definition) is 2. The first-order chi connectivity index (χ1) is 8.78. The Morgan fingerprint density at radius 2 is 2.05 bits per heavy atom. The van der Waals surface area contributed by atoms with Crippen molar-refractivity contribution in [1.82, 2.24) is 0 Å². The third-order valence-corrected chi connectivity index (χ3v) is 6.57. The van der Waals surface area contributed by atoms with Crippen LogP contribution in [0.5, 0.6) is 0 Å². The molecule has 4 aliphatic rings. The van der Waals surface area contributed by atoms with E-state index in [2.05, 4.69) is 26.8 Å². The van der Waals surface area contributed by atoms with Crippen LogP contribution in [0.4, 0.5) is 0 Å². The van der Waals surface area contributed by atoms with Gasteiger partial charge in [0, 0.05) is 17.3 Å². The predicted octanol–water partition coefficient (Wildman–Crippen LogP) is 1.36. The molecule has 4 heteroatoms. The summed E-state index contributed by atoms with van der Waals surface area (Å²) in [5.74, 6) is -1.45. The van der Waals surface area contributed by atoms with Crippen LogP contribution < -0.4 is 0 Å². The molecule has 6 atom stereocenters. The Morgan fingerprint density at radius 3 is 2.68 bits per heavy atom. The van der Waals surface area contributed by atoms with Gasteiger partial charge in [0.05, 0.1) is 12.7 Å². The lowest BCUT2D eigenvalue weighted by Crippen LogP contribution is -2.65. The van der Waals surface area contributed by atoms with Crippen molar-refractivity contribution >= 4 is 0 Å². The SMILES string of the molecule is CC1=C[C@@H]2O[C@@]3(O)C[C@@]4(CO4)[C@](C)([C@H]3O)[C@@]2(C)CC1. The van der Waals surface area contributed by atoms with Gasteiger partial charge in [0.1, 0.15) is 11.7 Å². The van der Waals surface area contributed by atoms with Gasteiger partial charge in [-0.3, -0.25) is 0 Å². The Kier molecular flexibility index (Phi) is 2.00. The van der Waals surface area contributed by atoms with Gasteiger partial charge in [-0.15, -0.1) is 0 Å². The highest BCUT2D eigenvalue weighted by molar-refractivity contribution is 5.31. The Hall–Kier alpha value is -0.420. The molecule has 2 bridgehead atoms. The molecule has 3 fully saturated rings. The molecule has 106 valence electrons. The van der Waals surface area contributed by atoms with Gasteiger partial charge >= 0.3 is 0 Å². The number of rotatable bonds is 0. The highest BCUT2D eigenvalue weighted by Gasteiger charge is 2.83. The van der Waals surface area contributed by atoms with Gasteiger partial charge in [-0.25, -0.2) is 0 Å². The zero-order valence-electron chi connectivity index (χ0n) is 11.8. The van der Waals surface area contributed by atoms with Crippen molar-refractivity contribution < 1.29 is 19.7 Å². The average Bonchev–Trinajstić information content (AvgIpc) is 3.09. The fourth-order valence-corrected chi connectivity index (χ4v) is 4.88. The number of fused-ring (bicyclic) bond motifs is 5. The third-order valence-electron chi connectivity index (χ3n) is 6.57. The maximum Gasteiger partial charge on any atom is 0.196 e. The second-order valence-electron chi connectivity index (χ2n) is 7.38. The summed E-state index contributed by atoms with van der Waals surface area (Å²) in [6.07, 6.45) is 3.48. The van der Waals surface area contributed by atoms with Gasteiger partial charge in [-0.1, -0.05) is 25.5 Å². The number of allylic oxidation sites excluding steroid dienone is 1. The van der Waals surface area contributed by atoms with Crippen LogP contribution >= 0.6 is 0 Å². The molecule has 19 heavy (non-hydrogen) atoms. The quantitative estimate of drug-likeness (QED) is 0.513. The topological polar surface area (TPSA) is 62.2 Å².